The first-order valence-corrected chi connectivity index (χ1v) is 5.81. The zero-order chi connectivity index (χ0) is 17.3. The summed E-state index contributed by atoms with van der Waals surface area (Å²) >= 11 is 0. The fourth-order valence-corrected chi connectivity index (χ4v) is 1.43. The lowest BCUT2D eigenvalue weighted by molar-refractivity contribution is -0.340. The van der Waals surface area contributed by atoms with Crippen LogP contribution in [0.5, 0.6) is 0 Å². The maximum Gasteiger partial charge on any atom is 0.523 e. The lowest BCUT2D eigenvalue weighted by Crippen LogP contribution is -2.46. The normalized spacial score (nSPS) is 15.4. The van der Waals surface area contributed by atoms with E-state index in [0.717, 1.165) is 0 Å². The van der Waals surface area contributed by atoms with Crippen LogP contribution in [0.3, 0.4) is 0 Å². The molecule has 0 radical (unpaired) electrons. The van der Waals surface area contributed by atoms with Crippen LogP contribution in [0.15, 0.2) is 0 Å². The van der Waals surface area contributed by atoms with Crippen molar-refractivity contribution in [2.24, 2.45) is 0 Å². The van der Waals surface area contributed by atoms with Crippen molar-refractivity contribution in [2.45, 2.75) is 24.1 Å². The van der Waals surface area contributed by atoms with Crippen molar-refractivity contribution in [3.05, 3.63) is 0 Å². The summed E-state index contributed by atoms with van der Waals surface area (Å²) < 4.78 is 149. The van der Waals surface area contributed by atoms with Gasteiger partial charge < -0.3 is 0 Å². The van der Waals surface area contributed by atoms with Crippen LogP contribution < -0.4 is 0 Å². The van der Waals surface area contributed by atoms with E-state index >= 15 is 0 Å². The number of hydrogen-bond donors (Lipinski definition) is 0. The maximum atomic E-state index is 12.7. The van der Waals surface area contributed by atoms with Gasteiger partial charge in [-0.3, -0.25) is 0 Å². The number of hydrogen-bond acceptors (Lipinski definition) is 3. The summed E-state index contributed by atoms with van der Waals surface area (Å²) in [7, 11) is -7.45. The predicted molar refractivity (Wildman–Crippen MR) is 42.6 cm³/mol. The summed E-state index contributed by atoms with van der Waals surface area (Å²) in [5, 5.41) is 0. The summed E-state index contributed by atoms with van der Waals surface area (Å²) in [6.07, 6.45) is -12.5. The minimum atomic E-state index is -7.45. The fourth-order valence-electron chi connectivity index (χ4n) is 0.582. The molecule has 3 nitrogen and oxygen atoms in total. The molecular weight excluding hydrogens is 360 g/mol. The van der Waals surface area contributed by atoms with Crippen molar-refractivity contribution < 1.29 is 61.7 Å². The second-order valence-electron chi connectivity index (χ2n) is 3.32. The molecule has 0 saturated carbocycles. The first-order chi connectivity index (χ1) is 9.04. The van der Waals surface area contributed by atoms with Crippen molar-refractivity contribution in [3.8, 4) is 0 Å². The van der Waals surface area contributed by atoms with Gasteiger partial charge in [0, 0.05) is 0 Å². The lowest BCUT2D eigenvalue weighted by Gasteiger charge is -2.28. The molecule has 0 bridgehead atoms. The molecule has 0 aliphatic rings. The monoisotopic (exact) mass is 364 g/mol. The molecule has 0 heterocycles. The van der Waals surface area contributed by atoms with Gasteiger partial charge in [0.15, 0.2) is 13.3 Å². The second kappa shape index (κ2) is 5.88. The Bertz CT molecular complexity index is 377. The highest BCUT2D eigenvalue weighted by Crippen LogP contribution is 2.61. The highest BCUT2D eigenvalue weighted by molar-refractivity contribution is 7.48. The van der Waals surface area contributed by atoms with Gasteiger partial charge >= 0.3 is 32.0 Å². The van der Waals surface area contributed by atoms with E-state index in [4.69, 9.17) is 0 Å². The van der Waals surface area contributed by atoms with E-state index in [0.29, 0.717) is 0 Å². The van der Waals surface area contributed by atoms with E-state index in [2.05, 4.69) is 9.05 Å². The third kappa shape index (κ3) is 4.68. The van der Waals surface area contributed by atoms with E-state index in [1.807, 2.05) is 0 Å². The number of halogens is 11. The van der Waals surface area contributed by atoms with Gasteiger partial charge in [-0.05, 0) is 0 Å². The average Bonchev–Trinajstić information content (AvgIpc) is 2.25. The Morgan fingerprint density at radius 2 is 0.952 bits per heavy atom. The molecule has 0 amide bonds. The van der Waals surface area contributed by atoms with Gasteiger partial charge in [-0.15, -0.1) is 4.20 Å². The summed E-state index contributed by atoms with van der Waals surface area (Å²) in [6.45, 7) is -6.39. The Hall–Kier alpha value is -0.620. The van der Waals surface area contributed by atoms with Crippen LogP contribution in [0.2, 0.25) is 0 Å². The van der Waals surface area contributed by atoms with Crippen molar-refractivity contribution in [1.29, 1.82) is 0 Å². The van der Waals surface area contributed by atoms with Crippen LogP contribution in [-0.4, -0.2) is 37.4 Å². The Balaban J connectivity index is 5.23. The topological polar surface area (TPSA) is 35.5 Å². The molecule has 128 valence electrons. The van der Waals surface area contributed by atoms with Gasteiger partial charge in [0.1, 0.15) is 0 Å². The van der Waals surface area contributed by atoms with Crippen molar-refractivity contribution >= 4 is 7.91 Å². The smallest absolute Gasteiger partial charge is 0.244 e. The summed E-state index contributed by atoms with van der Waals surface area (Å²) in [5.74, 6) is -11.6. The summed E-state index contributed by atoms with van der Waals surface area (Å²) in [6, 6.07) is 0. The zero-order valence-corrected chi connectivity index (χ0v) is 10.1. The largest absolute Gasteiger partial charge is 0.523 e. The molecule has 0 atom stereocenters. The third-order valence-corrected chi connectivity index (χ3v) is 2.53. The van der Waals surface area contributed by atoms with Crippen molar-refractivity contribution in [2.75, 3.05) is 13.3 Å². The van der Waals surface area contributed by atoms with Crippen LogP contribution in [0.1, 0.15) is 0 Å². The molecule has 21 heavy (non-hydrogen) atoms. The maximum absolute atomic E-state index is 12.7. The van der Waals surface area contributed by atoms with Gasteiger partial charge in [-0.2, -0.15) is 35.1 Å². The second-order valence-corrected chi connectivity index (χ2v) is 4.55. The van der Waals surface area contributed by atoms with E-state index in [9.17, 15) is 52.7 Å². The quantitative estimate of drug-likeness (QED) is 0.470. The minimum absolute atomic E-state index is 2.06. The van der Waals surface area contributed by atoms with Crippen LogP contribution in [-0.2, 0) is 13.6 Å². The minimum Gasteiger partial charge on any atom is -0.244 e. The Labute approximate surface area is 108 Å². The van der Waals surface area contributed by atoms with E-state index in [1.54, 1.807) is 0 Å². The molecule has 0 fully saturated rings. The van der Waals surface area contributed by atoms with E-state index < -0.39 is 45.3 Å². The highest BCUT2D eigenvalue weighted by Gasteiger charge is 2.67. The van der Waals surface area contributed by atoms with Crippen LogP contribution in [0.4, 0.5) is 48.1 Å². The van der Waals surface area contributed by atoms with Crippen LogP contribution in [0, 0.1) is 0 Å². The van der Waals surface area contributed by atoms with Gasteiger partial charge in [0.25, 0.3) is 0 Å². The molecule has 15 heteroatoms. The van der Waals surface area contributed by atoms with Crippen molar-refractivity contribution in [1.82, 2.24) is 0 Å². The third-order valence-electron chi connectivity index (χ3n) is 1.63. The summed E-state index contributed by atoms with van der Waals surface area (Å²) in [5.41, 5.74) is 0. The zero-order valence-electron chi connectivity index (χ0n) is 9.24. The van der Waals surface area contributed by atoms with Crippen molar-refractivity contribution in [3.63, 3.8) is 0 Å². The molecular formula is C6H4F11O3P. The molecule has 0 aromatic carbocycles. The highest BCUT2D eigenvalue weighted by atomic mass is 31.2. The molecule has 0 aliphatic heterocycles. The van der Waals surface area contributed by atoms with Gasteiger partial charge in [0.05, 0.1) is 0 Å². The molecule has 0 spiro atoms. The van der Waals surface area contributed by atoms with Crippen LogP contribution >= 0.6 is 7.91 Å². The molecule has 0 aromatic heterocycles. The summed E-state index contributed by atoms with van der Waals surface area (Å²) in [4.78, 5) is 0. The Morgan fingerprint density at radius 1 is 0.714 bits per heavy atom. The Morgan fingerprint density at radius 3 is 1.14 bits per heavy atom. The molecule has 0 aliphatic carbocycles. The molecule has 0 rings (SSSR count). The average molecular weight is 364 g/mol. The molecule has 0 saturated heterocycles. The molecule has 0 N–H and O–H groups in total. The van der Waals surface area contributed by atoms with Gasteiger partial charge in [0.2, 0.25) is 0 Å². The lowest BCUT2D eigenvalue weighted by atomic mass is 10.3. The Kier molecular flexibility index (Phi) is 5.70. The van der Waals surface area contributed by atoms with Gasteiger partial charge in [-0.1, -0.05) is 0 Å². The fraction of sp³-hybridized carbons (Fsp3) is 1.00. The standard InChI is InChI=1S/C6H4F11O3P/c7-1-3(9,10)5(13,14)19-21(17,18)20-6(15,16)4(11,12)2-8/h1-2H2. The van der Waals surface area contributed by atoms with Crippen LogP contribution in [0.25, 0.3) is 0 Å². The first-order valence-electron chi connectivity index (χ1n) is 4.38. The number of alkyl halides is 10. The number of rotatable bonds is 8. The molecule has 0 aromatic rings. The SMILES string of the molecule is O=P(F)(OC(F)(F)C(F)(F)CF)OC(F)(F)C(F)(F)CF. The van der Waals surface area contributed by atoms with Gasteiger partial charge in [-0.25, -0.2) is 22.4 Å². The molecule has 0 unspecified atom stereocenters. The van der Waals surface area contributed by atoms with E-state index in [-0.39, 0.29) is 0 Å². The first kappa shape index (κ1) is 20.4. The predicted octanol–water partition coefficient (Wildman–Crippen LogP) is 4.49. The van der Waals surface area contributed by atoms with E-state index in [1.165, 1.54) is 0 Å².